The van der Waals surface area contributed by atoms with E-state index >= 15 is 0 Å². The SMILES string of the molecule is CCCN(C(=O)c1cccc(S(=O)(=O)NC2CC2)c1)C1CCN(C(=O)c2ccccc2)CC1. The van der Waals surface area contributed by atoms with Gasteiger partial charge in [-0.1, -0.05) is 31.2 Å². The fourth-order valence-corrected chi connectivity index (χ4v) is 5.64. The highest BCUT2D eigenvalue weighted by Crippen LogP contribution is 2.24. The van der Waals surface area contributed by atoms with Crippen LogP contribution in [0.1, 0.15) is 59.7 Å². The Hall–Kier alpha value is -2.71. The number of carbonyl (C=O) groups excluding carboxylic acids is 2. The minimum absolute atomic E-state index is 0.00901. The van der Waals surface area contributed by atoms with Crippen LogP contribution in [0.5, 0.6) is 0 Å². The molecule has 2 aliphatic rings. The second-order valence-corrected chi connectivity index (χ2v) is 10.5. The van der Waals surface area contributed by atoms with Crippen molar-refractivity contribution in [2.24, 2.45) is 0 Å². The molecule has 2 aromatic carbocycles. The molecule has 0 unspecified atom stereocenters. The minimum atomic E-state index is -3.62. The molecule has 1 saturated carbocycles. The molecule has 0 aromatic heterocycles. The Morgan fingerprint density at radius 2 is 1.64 bits per heavy atom. The first-order valence-electron chi connectivity index (χ1n) is 11.7. The number of rotatable bonds is 8. The van der Waals surface area contributed by atoms with Gasteiger partial charge in [0.25, 0.3) is 11.8 Å². The Morgan fingerprint density at radius 3 is 2.27 bits per heavy atom. The quantitative estimate of drug-likeness (QED) is 0.643. The monoisotopic (exact) mass is 469 g/mol. The number of carbonyl (C=O) groups is 2. The first-order chi connectivity index (χ1) is 15.9. The molecule has 8 heteroatoms. The summed E-state index contributed by atoms with van der Waals surface area (Å²) in [6.07, 6.45) is 3.91. The molecule has 1 aliphatic carbocycles. The Balaban J connectivity index is 1.45. The first kappa shape index (κ1) is 23.4. The summed E-state index contributed by atoms with van der Waals surface area (Å²) < 4.78 is 27.9. The molecular formula is C25H31N3O4S. The Kier molecular flexibility index (Phi) is 7.14. The third-order valence-electron chi connectivity index (χ3n) is 6.23. The summed E-state index contributed by atoms with van der Waals surface area (Å²) in [5, 5.41) is 0. The highest BCUT2D eigenvalue weighted by molar-refractivity contribution is 7.89. The summed E-state index contributed by atoms with van der Waals surface area (Å²) >= 11 is 0. The topological polar surface area (TPSA) is 86.8 Å². The van der Waals surface area contributed by atoms with Crippen molar-refractivity contribution >= 4 is 21.8 Å². The molecule has 0 radical (unpaired) electrons. The zero-order valence-electron chi connectivity index (χ0n) is 18.9. The minimum Gasteiger partial charge on any atom is -0.338 e. The normalized spacial score (nSPS) is 17.1. The molecule has 33 heavy (non-hydrogen) atoms. The lowest BCUT2D eigenvalue weighted by Gasteiger charge is -2.38. The van der Waals surface area contributed by atoms with E-state index in [0.29, 0.717) is 43.6 Å². The lowest BCUT2D eigenvalue weighted by atomic mass is 10.0. The zero-order valence-corrected chi connectivity index (χ0v) is 19.8. The molecule has 1 aliphatic heterocycles. The first-order valence-corrected chi connectivity index (χ1v) is 13.1. The van der Waals surface area contributed by atoms with E-state index in [4.69, 9.17) is 0 Å². The number of hydrogen-bond acceptors (Lipinski definition) is 4. The number of hydrogen-bond donors (Lipinski definition) is 1. The van der Waals surface area contributed by atoms with Crippen LogP contribution in [-0.2, 0) is 10.0 Å². The molecule has 2 amide bonds. The van der Waals surface area contributed by atoms with Crippen molar-refractivity contribution < 1.29 is 18.0 Å². The van der Waals surface area contributed by atoms with Crippen LogP contribution in [-0.4, -0.2) is 61.7 Å². The summed E-state index contributed by atoms with van der Waals surface area (Å²) in [6, 6.07) is 15.6. The van der Waals surface area contributed by atoms with Gasteiger partial charge in [0.05, 0.1) is 4.90 Å². The van der Waals surface area contributed by atoms with E-state index in [-0.39, 0.29) is 28.8 Å². The van der Waals surface area contributed by atoms with E-state index in [1.807, 2.05) is 47.1 Å². The molecule has 1 heterocycles. The van der Waals surface area contributed by atoms with Gasteiger partial charge in [0, 0.05) is 42.8 Å². The van der Waals surface area contributed by atoms with Crippen molar-refractivity contribution in [3.8, 4) is 0 Å². The van der Waals surface area contributed by atoms with Crippen LogP contribution in [0, 0.1) is 0 Å². The molecule has 0 spiro atoms. The summed E-state index contributed by atoms with van der Waals surface area (Å²) in [6.45, 7) is 3.79. The molecule has 2 fully saturated rings. The van der Waals surface area contributed by atoms with Crippen molar-refractivity contribution in [3.63, 3.8) is 0 Å². The van der Waals surface area contributed by atoms with Gasteiger partial charge in [-0.25, -0.2) is 13.1 Å². The fraction of sp³-hybridized carbons (Fsp3) is 0.440. The van der Waals surface area contributed by atoms with E-state index in [1.165, 1.54) is 12.1 Å². The maximum atomic E-state index is 13.4. The number of sulfonamides is 1. The van der Waals surface area contributed by atoms with Gasteiger partial charge in [-0.3, -0.25) is 9.59 Å². The van der Waals surface area contributed by atoms with Crippen LogP contribution < -0.4 is 4.72 Å². The summed E-state index contributed by atoms with van der Waals surface area (Å²) in [5.41, 5.74) is 1.06. The Labute approximate surface area is 195 Å². The average molecular weight is 470 g/mol. The van der Waals surface area contributed by atoms with Crippen molar-refractivity contribution in [2.45, 2.75) is 56.0 Å². The molecule has 1 saturated heterocycles. The lowest BCUT2D eigenvalue weighted by molar-refractivity contribution is 0.0519. The third-order valence-corrected chi connectivity index (χ3v) is 7.75. The number of piperidine rings is 1. The van der Waals surface area contributed by atoms with E-state index in [1.54, 1.807) is 12.1 Å². The Bertz CT molecular complexity index is 1090. The number of amides is 2. The second kappa shape index (κ2) is 10.1. The highest BCUT2D eigenvalue weighted by atomic mass is 32.2. The highest BCUT2D eigenvalue weighted by Gasteiger charge is 2.31. The van der Waals surface area contributed by atoms with Gasteiger partial charge in [-0.05, 0) is 62.4 Å². The van der Waals surface area contributed by atoms with Crippen LogP contribution in [0.4, 0.5) is 0 Å². The largest absolute Gasteiger partial charge is 0.338 e. The third kappa shape index (κ3) is 5.62. The number of nitrogens with zero attached hydrogens (tertiary/aromatic N) is 2. The summed E-state index contributed by atoms with van der Waals surface area (Å²) in [5.74, 6) is -0.142. The predicted molar refractivity (Wildman–Crippen MR) is 126 cm³/mol. The maximum Gasteiger partial charge on any atom is 0.254 e. The van der Waals surface area contributed by atoms with E-state index in [0.717, 1.165) is 19.3 Å². The van der Waals surface area contributed by atoms with Crippen molar-refractivity contribution in [1.82, 2.24) is 14.5 Å². The predicted octanol–water partition coefficient (Wildman–Crippen LogP) is 3.28. The molecule has 1 N–H and O–H groups in total. The van der Waals surface area contributed by atoms with Gasteiger partial charge in [0.15, 0.2) is 0 Å². The smallest absolute Gasteiger partial charge is 0.254 e. The van der Waals surface area contributed by atoms with Gasteiger partial charge < -0.3 is 9.80 Å². The molecule has 176 valence electrons. The van der Waals surface area contributed by atoms with Gasteiger partial charge >= 0.3 is 0 Å². The van der Waals surface area contributed by atoms with Crippen molar-refractivity contribution in [3.05, 3.63) is 65.7 Å². The van der Waals surface area contributed by atoms with Crippen LogP contribution in [0.2, 0.25) is 0 Å². The van der Waals surface area contributed by atoms with Crippen molar-refractivity contribution in [1.29, 1.82) is 0 Å². The van der Waals surface area contributed by atoms with E-state index in [9.17, 15) is 18.0 Å². The van der Waals surface area contributed by atoms with E-state index in [2.05, 4.69) is 4.72 Å². The molecule has 0 atom stereocenters. The zero-order chi connectivity index (χ0) is 23.4. The van der Waals surface area contributed by atoms with Crippen LogP contribution in [0.25, 0.3) is 0 Å². The molecule has 4 rings (SSSR count). The summed E-state index contributed by atoms with van der Waals surface area (Å²) in [4.78, 5) is 30.0. The number of likely N-dealkylation sites (tertiary alicyclic amines) is 1. The standard InChI is InChI=1S/C25H31N3O4S/c1-2-15-28(22-13-16-27(17-14-22)24(29)19-7-4-3-5-8-19)25(30)20-9-6-10-23(18-20)33(31,32)26-21-11-12-21/h3-10,18,21-22,26H,2,11-17H2,1H3. The van der Waals surface area contributed by atoms with Gasteiger partial charge in [0.2, 0.25) is 10.0 Å². The molecule has 0 bridgehead atoms. The van der Waals surface area contributed by atoms with Gasteiger partial charge in [-0.15, -0.1) is 0 Å². The van der Waals surface area contributed by atoms with Crippen LogP contribution in [0.3, 0.4) is 0 Å². The molecule has 7 nitrogen and oxygen atoms in total. The maximum absolute atomic E-state index is 13.4. The van der Waals surface area contributed by atoms with Gasteiger partial charge in [-0.2, -0.15) is 0 Å². The second-order valence-electron chi connectivity index (χ2n) is 8.81. The summed E-state index contributed by atoms with van der Waals surface area (Å²) in [7, 11) is -3.62. The average Bonchev–Trinajstić information content (AvgIpc) is 3.66. The number of nitrogens with one attached hydrogen (secondary N) is 1. The van der Waals surface area contributed by atoms with Gasteiger partial charge in [0.1, 0.15) is 0 Å². The fourth-order valence-electron chi connectivity index (χ4n) is 4.29. The molecular weight excluding hydrogens is 438 g/mol. The van der Waals surface area contributed by atoms with E-state index < -0.39 is 10.0 Å². The number of benzene rings is 2. The van der Waals surface area contributed by atoms with Crippen LogP contribution >= 0.6 is 0 Å². The van der Waals surface area contributed by atoms with Crippen LogP contribution in [0.15, 0.2) is 59.5 Å². The Morgan fingerprint density at radius 1 is 0.970 bits per heavy atom. The lowest BCUT2D eigenvalue weighted by Crippen LogP contribution is -2.49. The molecule has 2 aromatic rings. The van der Waals surface area contributed by atoms with Crippen molar-refractivity contribution in [2.75, 3.05) is 19.6 Å².